The predicted octanol–water partition coefficient (Wildman–Crippen LogP) is 3.63. The molecule has 0 aromatic heterocycles. The van der Waals surface area contributed by atoms with Crippen LogP contribution in [0.25, 0.3) is 11.1 Å². The Hall–Kier alpha value is -1.80. The molecule has 1 N–H and O–H groups in total. The molecule has 0 heterocycles. The maximum atomic E-state index is 10.6. The SMILES string of the molecule is O=C(O)Cc1ccc(-c2cccc(Cl)c2)cc1. The van der Waals surface area contributed by atoms with Crippen molar-refractivity contribution in [3.8, 4) is 11.1 Å². The average Bonchev–Trinajstić information content (AvgIpc) is 2.29. The molecule has 0 bridgehead atoms. The van der Waals surface area contributed by atoms with Gasteiger partial charge in [-0.15, -0.1) is 0 Å². The van der Waals surface area contributed by atoms with Gasteiger partial charge in [0.15, 0.2) is 0 Å². The topological polar surface area (TPSA) is 37.3 Å². The van der Waals surface area contributed by atoms with Gasteiger partial charge in [-0.2, -0.15) is 0 Å². The Balaban J connectivity index is 2.26. The van der Waals surface area contributed by atoms with E-state index in [1.807, 2.05) is 48.5 Å². The standard InChI is InChI=1S/C14H11ClO2/c15-13-3-1-2-12(9-13)11-6-4-10(5-7-11)8-14(16)17/h1-7,9H,8H2,(H,16,17). The number of carboxylic acid groups (broad SMARTS) is 1. The molecule has 0 saturated carbocycles. The summed E-state index contributed by atoms with van der Waals surface area (Å²) in [5.74, 6) is -0.819. The largest absolute Gasteiger partial charge is 0.481 e. The first-order valence-electron chi connectivity index (χ1n) is 5.22. The first-order valence-corrected chi connectivity index (χ1v) is 5.59. The van der Waals surface area contributed by atoms with Gasteiger partial charge in [0, 0.05) is 5.02 Å². The molecule has 0 unspecified atom stereocenters. The molecule has 0 aliphatic carbocycles. The normalized spacial score (nSPS) is 10.2. The first-order chi connectivity index (χ1) is 8.15. The fourth-order valence-corrected chi connectivity index (χ4v) is 1.85. The third-order valence-electron chi connectivity index (χ3n) is 2.47. The van der Waals surface area contributed by atoms with Crippen LogP contribution in [0.3, 0.4) is 0 Å². The minimum atomic E-state index is -0.819. The van der Waals surface area contributed by atoms with Crippen LogP contribution < -0.4 is 0 Å². The lowest BCUT2D eigenvalue weighted by atomic mass is 10.0. The lowest BCUT2D eigenvalue weighted by Gasteiger charge is -2.03. The summed E-state index contributed by atoms with van der Waals surface area (Å²) in [6.45, 7) is 0. The van der Waals surface area contributed by atoms with E-state index in [0.717, 1.165) is 16.7 Å². The fourth-order valence-electron chi connectivity index (χ4n) is 1.66. The van der Waals surface area contributed by atoms with Crippen LogP contribution in [0.1, 0.15) is 5.56 Å². The Bertz CT molecular complexity index is 532. The van der Waals surface area contributed by atoms with Crippen LogP contribution in [0.4, 0.5) is 0 Å². The zero-order valence-electron chi connectivity index (χ0n) is 9.06. The molecule has 2 aromatic carbocycles. The number of hydrogen-bond donors (Lipinski definition) is 1. The molecular weight excluding hydrogens is 236 g/mol. The molecule has 0 fully saturated rings. The molecule has 0 radical (unpaired) electrons. The van der Waals surface area contributed by atoms with Crippen LogP contribution in [0.5, 0.6) is 0 Å². The van der Waals surface area contributed by atoms with Crippen molar-refractivity contribution >= 4 is 17.6 Å². The zero-order chi connectivity index (χ0) is 12.3. The average molecular weight is 247 g/mol. The van der Waals surface area contributed by atoms with Crippen molar-refractivity contribution in [3.63, 3.8) is 0 Å². The van der Waals surface area contributed by atoms with Crippen molar-refractivity contribution in [2.75, 3.05) is 0 Å². The Morgan fingerprint density at radius 3 is 2.35 bits per heavy atom. The van der Waals surface area contributed by atoms with Crippen molar-refractivity contribution in [3.05, 3.63) is 59.1 Å². The summed E-state index contributed by atoms with van der Waals surface area (Å²) >= 11 is 5.92. The molecule has 2 rings (SSSR count). The maximum Gasteiger partial charge on any atom is 0.307 e. The van der Waals surface area contributed by atoms with Gasteiger partial charge in [0.05, 0.1) is 6.42 Å². The number of benzene rings is 2. The Labute approximate surface area is 104 Å². The molecule has 86 valence electrons. The highest BCUT2D eigenvalue weighted by Gasteiger charge is 2.02. The second-order valence-corrected chi connectivity index (χ2v) is 4.21. The molecule has 0 amide bonds. The Morgan fingerprint density at radius 2 is 1.76 bits per heavy atom. The summed E-state index contributed by atoms with van der Waals surface area (Å²) in [5, 5.41) is 9.36. The molecule has 0 saturated heterocycles. The van der Waals surface area contributed by atoms with E-state index in [-0.39, 0.29) is 6.42 Å². The van der Waals surface area contributed by atoms with Gasteiger partial charge in [-0.05, 0) is 28.8 Å². The molecule has 2 aromatic rings. The summed E-state index contributed by atoms with van der Waals surface area (Å²) in [5.41, 5.74) is 2.85. The van der Waals surface area contributed by atoms with Crippen molar-refractivity contribution in [1.29, 1.82) is 0 Å². The highest BCUT2D eigenvalue weighted by atomic mass is 35.5. The second-order valence-electron chi connectivity index (χ2n) is 3.78. The van der Waals surface area contributed by atoms with Gasteiger partial charge in [0.1, 0.15) is 0 Å². The summed E-state index contributed by atoms with van der Waals surface area (Å²) in [6, 6.07) is 15.0. The van der Waals surface area contributed by atoms with Crippen LogP contribution in [0.2, 0.25) is 5.02 Å². The molecule has 3 heteroatoms. The molecule has 0 spiro atoms. The van der Waals surface area contributed by atoms with Crippen molar-refractivity contribution in [2.45, 2.75) is 6.42 Å². The van der Waals surface area contributed by atoms with Crippen molar-refractivity contribution < 1.29 is 9.90 Å². The summed E-state index contributed by atoms with van der Waals surface area (Å²) < 4.78 is 0. The van der Waals surface area contributed by atoms with Gasteiger partial charge >= 0.3 is 5.97 Å². The van der Waals surface area contributed by atoms with E-state index in [0.29, 0.717) is 5.02 Å². The molecule has 0 aliphatic rings. The van der Waals surface area contributed by atoms with Gasteiger partial charge in [0.25, 0.3) is 0 Å². The van der Waals surface area contributed by atoms with Gasteiger partial charge < -0.3 is 5.11 Å². The third-order valence-corrected chi connectivity index (χ3v) is 2.70. The fraction of sp³-hybridized carbons (Fsp3) is 0.0714. The van der Waals surface area contributed by atoms with Crippen LogP contribution >= 0.6 is 11.6 Å². The van der Waals surface area contributed by atoms with Gasteiger partial charge in [-0.25, -0.2) is 0 Å². The van der Waals surface area contributed by atoms with Crippen molar-refractivity contribution in [1.82, 2.24) is 0 Å². The highest BCUT2D eigenvalue weighted by Crippen LogP contribution is 2.23. The zero-order valence-corrected chi connectivity index (χ0v) is 9.82. The number of aliphatic carboxylic acids is 1. The van der Waals surface area contributed by atoms with Gasteiger partial charge in [-0.3, -0.25) is 4.79 Å². The van der Waals surface area contributed by atoms with E-state index in [2.05, 4.69) is 0 Å². The first kappa shape index (κ1) is 11.7. The van der Waals surface area contributed by atoms with E-state index >= 15 is 0 Å². The van der Waals surface area contributed by atoms with Crippen LogP contribution in [-0.4, -0.2) is 11.1 Å². The van der Waals surface area contributed by atoms with E-state index in [1.54, 1.807) is 0 Å². The van der Waals surface area contributed by atoms with Crippen molar-refractivity contribution in [2.24, 2.45) is 0 Å². The lowest BCUT2D eigenvalue weighted by molar-refractivity contribution is -0.136. The lowest BCUT2D eigenvalue weighted by Crippen LogP contribution is -1.99. The summed E-state index contributed by atoms with van der Waals surface area (Å²) in [6.07, 6.45) is 0.0514. The van der Waals surface area contributed by atoms with E-state index in [9.17, 15) is 4.79 Å². The molecule has 17 heavy (non-hydrogen) atoms. The Kier molecular flexibility index (Phi) is 3.45. The number of carbonyl (C=O) groups is 1. The number of rotatable bonds is 3. The molecular formula is C14H11ClO2. The number of carboxylic acids is 1. The molecule has 2 nitrogen and oxygen atoms in total. The summed E-state index contributed by atoms with van der Waals surface area (Å²) in [4.78, 5) is 10.6. The number of halogens is 1. The second kappa shape index (κ2) is 5.02. The summed E-state index contributed by atoms with van der Waals surface area (Å²) in [7, 11) is 0. The van der Waals surface area contributed by atoms with Crippen LogP contribution in [0.15, 0.2) is 48.5 Å². The minimum absolute atomic E-state index is 0.0514. The smallest absolute Gasteiger partial charge is 0.307 e. The Morgan fingerprint density at radius 1 is 1.06 bits per heavy atom. The molecule has 0 atom stereocenters. The monoisotopic (exact) mass is 246 g/mol. The van der Waals surface area contributed by atoms with Gasteiger partial charge in [0.2, 0.25) is 0 Å². The van der Waals surface area contributed by atoms with E-state index < -0.39 is 5.97 Å². The predicted molar refractivity (Wildman–Crippen MR) is 68.2 cm³/mol. The minimum Gasteiger partial charge on any atom is -0.481 e. The third kappa shape index (κ3) is 3.08. The van der Waals surface area contributed by atoms with Crippen LogP contribution in [0, 0.1) is 0 Å². The maximum absolute atomic E-state index is 10.6. The van der Waals surface area contributed by atoms with Crippen LogP contribution in [-0.2, 0) is 11.2 Å². The van der Waals surface area contributed by atoms with Gasteiger partial charge in [-0.1, -0.05) is 48.0 Å². The van der Waals surface area contributed by atoms with E-state index in [1.165, 1.54) is 0 Å². The quantitative estimate of drug-likeness (QED) is 0.898. The number of hydrogen-bond acceptors (Lipinski definition) is 1. The molecule has 0 aliphatic heterocycles. The van der Waals surface area contributed by atoms with E-state index in [4.69, 9.17) is 16.7 Å². The highest BCUT2D eigenvalue weighted by molar-refractivity contribution is 6.30.